The Bertz CT molecular complexity index is 331. The molecule has 1 unspecified atom stereocenters. The van der Waals surface area contributed by atoms with Gasteiger partial charge in [0, 0.05) is 17.7 Å². The molecule has 0 aliphatic rings. The van der Waals surface area contributed by atoms with Gasteiger partial charge in [0.25, 0.3) is 6.43 Å². The summed E-state index contributed by atoms with van der Waals surface area (Å²) in [6, 6.07) is 3.86. The van der Waals surface area contributed by atoms with Crippen molar-refractivity contribution in [1.29, 1.82) is 0 Å². The van der Waals surface area contributed by atoms with Gasteiger partial charge in [-0.25, -0.2) is 8.78 Å². The third-order valence-corrected chi connectivity index (χ3v) is 2.09. The van der Waals surface area contributed by atoms with Crippen molar-refractivity contribution in [3.63, 3.8) is 0 Å². The molecule has 0 saturated heterocycles. The van der Waals surface area contributed by atoms with Gasteiger partial charge in [0.2, 0.25) is 0 Å². The van der Waals surface area contributed by atoms with Gasteiger partial charge in [-0.2, -0.15) is 0 Å². The Hall–Kier alpha value is -1.20. The van der Waals surface area contributed by atoms with Crippen LogP contribution in [0.3, 0.4) is 0 Å². The third-order valence-electron chi connectivity index (χ3n) is 2.09. The monoisotopic (exact) mass is 217 g/mol. The highest BCUT2D eigenvalue weighted by atomic mass is 19.3. The van der Waals surface area contributed by atoms with Crippen LogP contribution in [0, 0.1) is 0 Å². The summed E-state index contributed by atoms with van der Waals surface area (Å²) in [7, 11) is 1.36. The quantitative estimate of drug-likeness (QED) is 0.805. The van der Waals surface area contributed by atoms with Gasteiger partial charge in [-0.15, -0.1) is 0 Å². The van der Waals surface area contributed by atoms with E-state index in [9.17, 15) is 13.9 Å². The number of rotatable bonds is 4. The van der Waals surface area contributed by atoms with Gasteiger partial charge in [-0.05, 0) is 6.07 Å². The average molecular weight is 217 g/mol. The molecule has 0 aliphatic carbocycles. The predicted octanol–water partition coefficient (Wildman–Crippen LogP) is 1.62. The Balaban J connectivity index is 3.09. The van der Waals surface area contributed by atoms with E-state index in [2.05, 4.69) is 0 Å². The van der Waals surface area contributed by atoms with Crippen LogP contribution in [0.4, 0.5) is 8.78 Å². The number of halogens is 2. The summed E-state index contributed by atoms with van der Waals surface area (Å²) in [5.41, 5.74) is 5.55. The number of methoxy groups -OCH3 is 1. The molecular formula is C10H13F2NO2. The summed E-state index contributed by atoms with van der Waals surface area (Å²) >= 11 is 0. The summed E-state index contributed by atoms with van der Waals surface area (Å²) in [6.45, 7) is 0.0182. The van der Waals surface area contributed by atoms with Gasteiger partial charge >= 0.3 is 0 Å². The summed E-state index contributed by atoms with van der Waals surface area (Å²) in [5, 5.41) is 9.48. The lowest BCUT2D eigenvalue weighted by molar-refractivity contribution is 0.150. The molecule has 0 saturated carbocycles. The fraction of sp³-hybridized carbons (Fsp3) is 0.400. The van der Waals surface area contributed by atoms with Gasteiger partial charge in [0.15, 0.2) is 0 Å². The normalized spacial score (nSPS) is 12.9. The standard InChI is InChI=1S/C10H13F2NO2/c1-15-9-4-6(10(11)12)2-3-7(9)8(14)5-13/h2-4,8,10,14H,5,13H2,1H3. The van der Waals surface area contributed by atoms with E-state index < -0.39 is 12.5 Å². The van der Waals surface area contributed by atoms with Gasteiger partial charge < -0.3 is 15.6 Å². The predicted molar refractivity (Wildman–Crippen MR) is 52.0 cm³/mol. The average Bonchev–Trinajstić information content (AvgIpc) is 2.27. The summed E-state index contributed by atoms with van der Waals surface area (Å²) in [4.78, 5) is 0. The Morgan fingerprint density at radius 2 is 2.13 bits per heavy atom. The van der Waals surface area contributed by atoms with Crippen LogP contribution in [0.5, 0.6) is 5.75 Å². The zero-order chi connectivity index (χ0) is 11.4. The number of aliphatic hydroxyl groups is 1. The van der Waals surface area contributed by atoms with Crippen LogP contribution in [0.1, 0.15) is 23.7 Å². The molecule has 5 heteroatoms. The molecule has 1 rings (SSSR count). The smallest absolute Gasteiger partial charge is 0.263 e. The maximum Gasteiger partial charge on any atom is 0.263 e. The topological polar surface area (TPSA) is 55.5 Å². The summed E-state index contributed by atoms with van der Waals surface area (Å²) in [5.74, 6) is 0.228. The highest BCUT2D eigenvalue weighted by Gasteiger charge is 2.15. The van der Waals surface area contributed by atoms with Crippen molar-refractivity contribution in [3.8, 4) is 5.75 Å². The van der Waals surface area contributed by atoms with Crippen LogP contribution in [0.15, 0.2) is 18.2 Å². The van der Waals surface area contributed by atoms with E-state index in [1.54, 1.807) is 0 Å². The highest BCUT2D eigenvalue weighted by Crippen LogP contribution is 2.29. The van der Waals surface area contributed by atoms with Crippen molar-refractivity contribution in [3.05, 3.63) is 29.3 Å². The molecule has 0 heterocycles. The first-order valence-electron chi connectivity index (χ1n) is 4.44. The van der Waals surface area contributed by atoms with Crippen LogP contribution < -0.4 is 10.5 Å². The number of benzene rings is 1. The van der Waals surface area contributed by atoms with Crippen LogP contribution in [0.2, 0.25) is 0 Å². The molecule has 1 aromatic rings. The Kier molecular flexibility index (Phi) is 3.99. The fourth-order valence-corrected chi connectivity index (χ4v) is 1.27. The molecule has 0 fully saturated rings. The molecule has 3 nitrogen and oxygen atoms in total. The first-order chi connectivity index (χ1) is 7.10. The highest BCUT2D eigenvalue weighted by molar-refractivity contribution is 5.39. The van der Waals surface area contributed by atoms with Crippen LogP contribution in [0.25, 0.3) is 0 Å². The number of ether oxygens (including phenoxy) is 1. The van der Waals surface area contributed by atoms with E-state index >= 15 is 0 Å². The molecule has 0 bridgehead atoms. The minimum Gasteiger partial charge on any atom is -0.496 e. The number of aliphatic hydroxyl groups excluding tert-OH is 1. The lowest BCUT2D eigenvalue weighted by Gasteiger charge is -2.14. The second-order valence-corrected chi connectivity index (χ2v) is 3.05. The molecule has 1 aromatic carbocycles. The Labute approximate surface area is 86.5 Å². The lowest BCUT2D eigenvalue weighted by atomic mass is 10.1. The van der Waals surface area contributed by atoms with Crippen molar-refractivity contribution in [2.45, 2.75) is 12.5 Å². The van der Waals surface area contributed by atoms with E-state index in [4.69, 9.17) is 10.5 Å². The van der Waals surface area contributed by atoms with E-state index in [1.807, 2.05) is 0 Å². The lowest BCUT2D eigenvalue weighted by Crippen LogP contribution is -2.12. The van der Waals surface area contributed by atoms with Crippen LogP contribution >= 0.6 is 0 Å². The number of hydrogen-bond acceptors (Lipinski definition) is 3. The summed E-state index contributed by atoms with van der Waals surface area (Å²) < 4.78 is 29.6. The molecule has 84 valence electrons. The fourth-order valence-electron chi connectivity index (χ4n) is 1.27. The minimum absolute atomic E-state index is 0.0182. The molecule has 0 amide bonds. The van der Waals surface area contributed by atoms with Crippen LogP contribution in [-0.2, 0) is 0 Å². The second-order valence-electron chi connectivity index (χ2n) is 3.05. The number of nitrogens with two attached hydrogens (primary N) is 1. The zero-order valence-corrected chi connectivity index (χ0v) is 8.28. The van der Waals surface area contributed by atoms with E-state index in [0.29, 0.717) is 5.56 Å². The SMILES string of the molecule is COc1cc(C(F)F)ccc1C(O)CN. The Morgan fingerprint density at radius 3 is 2.60 bits per heavy atom. The van der Waals surface area contributed by atoms with E-state index in [-0.39, 0.29) is 17.9 Å². The molecule has 15 heavy (non-hydrogen) atoms. The molecule has 0 aliphatic heterocycles. The third kappa shape index (κ3) is 2.64. The first kappa shape index (κ1) is 11.9. The van der Waals surface area contributed by atoms with Gasteiger partial charge in [-0.1, -0.05) is 12.1 Å². The molecule has 3 N–H and O–H groups in total. The largest absolute Gasteiger partial charge is 0.496 e. The molecule has 0 aromatic heterocycles. The molecule has 1 atom stereocenters. The zero-order valence-electron chi connectivity index (χ0n) is 8.28. The van der Waals surface area contributed by atoms with Crippen molar-refractivity contribution >= 4 is 0 Å². The van der Waals surface area contributed by atoms with Gasteiger partial charge in [-0.3, -0.25) is 0 Å². The maximum atomic E-state index is 12.4. The van der Waals surface area contributed by atoms with Gasteiger partial charge in [0.05, 0.1) is 13.2 Å². The maximum absolute atomic E-state index is 12.4. The molecular weight excluding hydrogens is 204 g/mol. The minimum atomic E-state index is -2.55. The van der Waals surface area contributed by atoms with E-state index in [1.165, 1.54) is 25.3 Å². The van der Waals surface area contributed by atoms with Crippen molar-refractivity contribution in [2.75, 3.05) is 13.7 Å². The number of alkyl halides is 2. The van der Waals surface area contributed by atoms with Crippen molar-refractivity contribution < 1.29 is 18.6 Å². The molecule has 0 radical (unpaired) electrons. The summed E-state index contributed by atoms with van der Waals surface area (Å²) in [6.07, 6.45) is -3.45. The van der Waals surface area contributed by atoms with Crippen molar-refractivity contribution in [1.82, 2.24) is 0 Å². The Morgan fingerprint density at radius 1 is 1.47 bits per heavy atom. The molecule has 0 spiro atoms. The van der Waals surface area contributed by atoms with Crippen LogP contribution in [-0.4, -0.2) is 18.8 Å². The first-order valence-corrected chi connectivity index (χ1v) is 4.44. The van der Waals surface area contributed by atoms with Crippen molar-refractivity contribution in [2.24, 2.45) is 5.73 Å². The van der Waals surface area contributed by atoms with E-state index in [0.717, 1.165) is 0 Å². The van der Waals surface area contributed by atoms with Gasteiger partial charge in [0.1, 0.15) is 5.75 Å². The number of hydrogen-bond donors (Lipinski definition) is 2. The second kappa shape index (κ2) is 5.04.